The molecule has 28 heavy (non-hydrogen) atoms. The van der Waals surface area contributed by atoms with Crippen LogP contribution in [0, 0.1) is 17.2 Å². The number of benzene rings is 2. The summed E-state index contributed by atoms with van der Waals surface area (Å²) < 4.78 is 0. The number of carbonyl (C=O) groups excluding carboxylic acids is 1. The second kappa shape index (κ2) is 9.75. The van der Waals surface area contributed by atoms with Crippen molar-refractivity contribution in [2.24, 2.45) is 5.92 Å². The van der Waals surface area contributed by atoms with Crippen molar-refractivity contribution in [3.8, 4) is 6.07 Å². The first-order valence-corrected chi connectivity index (χ1v) is 9.96. The Morgan fingerprint density at radius 2 is 1.61 bits per heavy atom. The first-order valence-electron chi connectivity index (χ1n) is 9.96. The number of amides is 1. The molecule has 0 heterocycles. The van der Waals surface area contributed by atoms with Crippen LogP contribution in [0.15, 0.2) is 72.4 Å². The molecule has 2 N–H and O–H groups in total. The summed E-state index contributed by atoms with van der Waals surface area (Å²) in [6, 6.07) is 21.7. The fourth-order valence-corrected chi connectivity index (χ4v) is 3.76. The molecule has 2 atom stereocenters. The molecular formula is C24H27N3O. The molecule has 1 aliphatic carbocycles. The van der Waals surface area contributed by atoms with E-state index < -0.39 is 0 Å². The average Bonchev–Trinajstić information content (AvgIpc) is 2.75. The minimum absolute atomic E-state index is 0.106. The molecule has 0 bridgehead atoms. The van der Waals surface area contributed by atoms with Gasteiger partial charge >= 0.3 is 0 Å². The van der Waals surface area contributed by atoms with Crippen LogP contribution in [0.5, 0.6) is 0 Å². The molecular weight excluding hydrogens is 346 g/mol. The van der Waals surface area contributed by atoms with E-state index in [0.29, 0.717) is 12.0 Å². The number of hydrogen-bond donors (Lipinski definition) is 2. The lowest BCUT2D eigenvalue weighted by molar-refractivity contribution is -0.117. The van der Waals surface area contributed by atoms with Crippen molar-refractivity contribution >= 4 is 5.91 Å². The van der Waals surface area contributed by atoms with Gasteiger partial charge in [-0.05, 0) is 29.9 Å². The highest BCUT2D eigenvalue weighted by Gasteiger charge is 2.22. The van der Waals surface area contributed by atoms with E-state index in [9.17, 15) is 10.1 Å². The fourth-order valence-electron chi connectivity index (χ4n) is 3.76. The van der Waals surface area contributed by atoms with Gasteiger partial charge in [-0.1, -0.05) is 80.4 Å². The Morgan fingerprint density at radius 3 is 2.14 bits per heavy atom. The number of carbonyl (C=O) groups is 1. The van der Waals surface area contributed by atoms with E-state index in [1.54, 1.807) is 6.20 Å². The zero-order valence-corrected chi connectivity index (χ0v) is 16.3. The lowest BCUT2D eigenvalue weighted by Crippen LogP contribution is -2.35. The Kier molecular flexibility index (Phi) is 6.86. The second-order valence-electron chi connectivity index (χ2n) is 7.43. The third-order valence-electron chi connectivity index (χ3n) is 5.46. The lowest BCUT2D eigenvalue weighted by Gasteiger charge is -2.29. The van der Waals surface area contributed by atoms with Gasteiger partial charge in [0.15, 0.2) is 0 Å². The molecule has 0 saturated heterocycles. The second-order valence-corrected chi connectivity index (χ2v) is 7.43. The minimum Gasteiger partial charge on any atom is -0.387 e. The van der Waals surface area contributed by atoms with Crippen LogP contribution in [0.4, 0.5) is 0 Å². The summed E-state index contributed by atoms with van der Waals surface area (Å²) in [6.45, 7) is 2.22. The smallest absolute Gasteiger partial charge is 0.264 e. The first kappa shape index (κ1) is 19.7. The summed E-state index contributed by atoms with van der Waals surface area (Å²) in [5.74, 6) is 0.186. The number of nitriles is 1. The third-order valence-corrected chi connectivity index (χ3v) is 5.46. The van der Waals surface area contributed by atoms with Gasteiger partial charge in [0.05, 0.1) is 6.04 Å². The van der Waals surface area contributed by atoms with Crippen LogP contribution >= 0.6 is 0 Å². The molecule has 2 aromatic carbocycles. The summed E-state index contributed by atoms with van der Waals surface area (Å²) in [6.07, 6.45) is 6.30. The summed E-state index contributed by atoms with van der Waals surface area (Å²) >= 11 is 0. The van der Waals surface area contributed by atoms with Gasteiger partial charge in [0.1, 0.15) is 11.6 Å². The van der Waals surface area contributed by atoms with Crippen molar-refractivity contribution in [1.82, 2.24) is 10.6 Å². The van der Waals surface area contributed by atoms with E-state index in [-0.39, 0.29) is 17.5 Å². The Labute approximate surface area is 167 Å². The van der Waals surface area contributed by atoms with Crippen molar-refractivity contribution in [3.05, 3.63) is 83.6 Å². The highest BCUT2D eigenvalue weighted by molar-refractivity contribution is 5.97. The molecule has 0 spiro atoms. The Morgan fingerprint density at radius 1 is 1.04 bits per heavy atom. The zero-order valence-electron chi connectivity index (χ0n) is 16.3. The first-order chi connectivity index (χ1) is 13.7. The number of nitrogens with one attached hydrogen (secondary N) is 2. The molecule has 0 aliphatic heterocycles. The average molecular weight is 374 g/mol. The van der Waals surface area contributed by atoms with E-state index in [1.807, 2.05) is 60.7 Å². The summed E-state index contributed by atoms with van der Waals surface area (Å²) in [5.41, 5.74) is 2.07. The normalized spacial score (nSPS) is 19.7. The van der Waals surface area contributed by atoms with Gasteiger partial charge in [0.2, 0.25) is 0 Å². The fraction of sp³-hybridized carbons (Fsp3) is 0.333. The predicted molar refractivity (Wildman–Crippen MR) is 111 cm³/mol. The molecule has 2 unspecified atom stereocenters. The van der Waals surface area contributed by atoms with Crippen molar-refractivity contribution in [2.45, 2.75) is 44.7 Å². The number of nitrogens with zero attached hydrogens (tertiary/aromatic N) is 1. The van der Waals surface area contributed by atoms with Gasteiger partial charge in [0.25, 0.3) is 5.91 Å². The Hall–Kier alpha value is -3.06. The van der Waals surface area contributed by atoms with Gasteiger partial charge in [-0.25, -0.2) is 0 Å². The predicted octanol–water partition coefficient (Wildman–Crippen LogP) is 4.47. The Balaban J connectivity index is 1.76. The van der Waals surface area contributed by atoms with Gasteiger partial charge < -0.3 is 10.6 Å². The summed E-state index contributed by atoms with van der Waals surface area (Å²) in [4.78, 5) is 12.8. The summed E-state index contributed by atoms with van der Waals surface area (Å²) in [5, 5.41) is 15.9. The largest absolute Gasteiger partial charge is 0.387 e. The molecule has 3 rings (SSSR count). The van der Waals surface area contributed by atoms with Crippen molar-refractivity contribution < 1.29 is 4.79 Å². The molecule has 2 aromatic rings. The highest BCUT2D eigenvalue weighted by atomic mass is 16.1. The lowest BCUT2D eigenvalue weighted by atomic mass is 9.86. The molecule has 0 radical (unpaired) electrons. The van der Waals surface area contributed by atoms with E-state index in [4.69, 9.17) is 0 Å². The van der Waals surface area contributed by atoms with Crippen molar-refractivity contribution in [2.75, 3.05) is 0 Å². The van der Waals surface area contributed by atoms with Crippen LogP contribution in [-0.2, 0) is 4.79 Å². The molecule has 0 aromatic heterocycles. The van der Waals surface area contributed by atoms with E-state index in [1.165, 1.54) is 19.3 Å². The van der Waals surface area contributed by atoms with Crippen molar-refractivity contribution in [3.63, 3.8) is 0 Å². The topological polar surface area (TPSA) is 64.9 Å². The van der Waals surface area contributed by atoms with Crippen LogP contribution in [0.3, 0.4) is 0 Å². The SMILES string of the molecule is CC1CCCCC1N/C=C(/C#N)C(=O)NC(c1ccccc1)c1ccccc1. The molecule has 1 aliphatic rings. The van der Waals surface area contributed by atoms with Crippen LogP contribution in [0.2, 0.25) is 0 Å². The molecule has 1 saturated carbocycles. The molecule has 4 heteroatoms. The van der Waals surface area contributed by atoms with Crippen LogP contribution in [-0.4, -0.2) is 11.9 Å². The molecule has 1 amide bonds. The van der Waals surface area contributed by atoms with Gasteiger partial charge in [-0.15, -0.1) is 0 Å². The van der Waals surface area contributed by atoms with Crippen LogP contribution in [0.1, 0.15) is 49.8 Å². The maximum atomic E-state index is 12.8. The number of hydrogen-bond acceptors (Lipinski definition) is 3. The van der Waals surface area contributed by atoms with Gasteiger partial charge in [-0.2, -0.15) is 5.26 Å². The monoisotopic (exact) mass is 373 g/mol. The maximum Gasteiger partial charge on any atom is 0.264 e. The maximum absolute atomic E-state index is 12.8. The number of rotatable bonds is 6. The standard InChI is InChI=1S/C24H27N3O/c1-18-10-8-9-15-22(18)26-17-21(16-25)24(28)27-23(19-11-4-2-5-12-19)20-13-6-3-7-14-20/h2-7,11-14,17-18,22-23,26H,8-10,15H2,1H3,(H,27,28)/b21-17-. The molecule has 1 fully saturated rings. The van der Waals surface area contributed by atoms with E-state index >= 15 is 0 Å². The summed E-state index contributed by atoms with van der Waals surface area (Å²) in [7, 11) is 0. The van der Waals surface area contributed by atoms with Crippen LogP contribution in [0.25, 0.3) is 0 Å². The van der Waals surface area contributed by atoms with Gasteiger partial charge in [0, 0.05) is 12.2 Å². The van der Waals surface area contributed by atoms with E-state index in [2.05, 4.69) is 23.6 Å². The third kappa shape index (κ3) is 5.01. The van der Waals surface area contributed by atoms with E-state index in [0.717, 1.165) is 17.5 Å². The quantitative estimate of drug-likeness (QED) is 0.580. The minimum atomic E-state index is -0.365. The zero-order chi connectivity index (χ0) is 19.8. The molecule has 4 nitrogen and oxygen atoms in total. The Bertz CT molecular complexity index is 800. The van der Waals surface area contributed by atoms with Crippen molar-refractivity contribution in [1.29, 1.82) is 5.26 Å². The van der Waals surface area contributed by atoms with Crippen LogP contribution < -0.4 is 10.6 Å². The van der Waals surface area contributed by atoms with Gasteiger partial charge in [-0.3, -0.25) is 4.79 Å². The molecule has 144 valence electrons. The highest BCUT2D eigenvalue weighted by Crippen LogP contribution is 2.24.